The lowest BCUT2D eigenvalue weighted by atomic mass is 9.94. The average molecular weight is 805 g/mol. The fraction of sp³-hybridized carbons (Fsp3) is 0.667. The summed E-state index contributed by atoms with van der Waals surface area (Å²) < 4.78 is 22.9. The summed E-state index contributed by atoms with van der Waals surface area (Å²) in [6.45, 7) is 20.2. The highest BCUT2D eigenvalue weighted by atomic mass is 16.5. The number of nitrogens with one attached hydrogen (secondary N) is 1. The normalized spacial score (nSPS) is 17.6. The number of nitrogens with two attached hydrogens (primary N) is 1. The summed E-state index contributed by atoms with van der Waals surface area (Å²) in [7, 11) is 3.10. The number of benzene rings is 1. The van der Waals surface area contributed by atoms with Crippen molar-refractivity contribution in [2.75, 3.05) is 116 Å². The van der Waals surface area contributed by atoms with Crippen LogP contribution in [-0.2, 0) is 31.8 Å². The van der Waals surface area contributed by atoms with Gasteiger partial charge in [0.1, 0.15) is 11.6 Å². The van der Waals surface area contributed by atoms with E-state index in [0.717, 1.165) is 107 Å². The molecule has 0 amide bonds. The third-order valence-electron chi connectivity index (χ3n) is 11.8. The van der Waals surface area contributed by atoms with Crippen LogP contribution >= 0.6 is 0 Å². The monoisotopic (exact) mass is 805 g/mol. The van der Waals surface area contributed by atoms with Gasteiger partial charge in [0.2, 0.25) is 0 Å². The van der Waals surface area contributed by atoms with Crippen molar-refractivity contribution in [1.82, 2.24) is 24.6 Å². The van der Waals surface area contributed by atoms with Crippen molar-refractivity contribution in [2.45, 2.75) is 84.5 Å². The number of aromatic nitrogens is 3. The summed E-state index contributed by atoms with van der Waals surface area (Å²) in [5.41, 5.74) is 14.1. The fourth-order valence-electron chi connectivity index (χ4n) is 8.62. The molecule has 1 aromatic carbocycles. The predicted octanol–water partition coefficient (Wildman–Crippen LogP) is 5.77. The molecular weight excluding hydrogens is 733 g/mol. The number of aryl methyl sites for hydroxylation is 3. The highest BCUT2D eigenvalue weighted by Crippen LogP contribution is 2.34. The van der Waals surface area contributed by atoms with Crippen molar-refractivity contribution < 1.29 is 23.7 Å². The van der Waals surface area contributed by atoms with E-state index in [1.54, 1.807) is 7.11 Å². The third-order valence-corrected chi connectivity index (χ3v) is 11.8. The Hall–Kier alpha value is -3.75. The largest absolute Gasteiger partial charge is 0.496 e. The number of methoxy groups -OCH3 is 2. The van der Waals surface area contributed by atoms with E-state index in [0.29, 0.717) is 44.7 Å². The third kappa shape index (κ3) is 13.7. The van der Waals surface area contributed by atoms with Crippen LogP contribution in [0.15, 0.2) is 30.3 Å². The van der Waals surface area contributed by atoms with Crippen LogP contribution < -0.4 is 20.7 Å². The minimum absolute atomic E-state index is 0.375. The molecule has 2 saturated heterocycles. The number of unbranched alkanes of at least 4 members (excludes halogenated alkanes) is 2. The Kier molecular flexibility index (Phi) is 19.0. The first kappa shape index (κ1) is 45.3. The molecule has 13 nitrogen and oxygen atoms in total. The number of carbonyl (C=O) groups is 1. The topological polar surface area (TPSA) is 132 Å². The van der Waals surface area contributed by atoms with Gasteiger partial charge in [-0.2, -0.15) is 5.10 Å². The number of likely N-dealkylation sites (tertiary alicyclic amines) is 1. The second kappa shape index (κ2) is 24.4. The molecule has 0 saturated carbocycles. The second-order valence-electron chi connectivity index (χ2n) is 16.1. The summed E-state index contributed by atoms with van der Waals surface area (Å²) in [5.74, 6) is 3.21. The van der Waals surface area contributed by atoms with E-state index in [1.165, 1.54) is 74.1 Å². The molecule has 3 aliphatic rings. The van der Waals surface area contributed by atoms with Crippen molar-refractivity contribution >= 4 is 18.0 Å². The summed E-state index contributed by atoms with van der Waals surface area (Å²) >= 11 is 0. The van der Waals surface area contributed by atoms with Crippen LogP contribution in [0.1, 0.15) is 86.0 Å². The number of anilines is 2. The van der Waals surface area contributed by atoms with E-state index in [-0.39, 0.29) is 0 Å². The summed E-state index contributed by atoms with van der Waals surface area (Å²) in [6.07, 6.45) is 10.3. The van der Waals surface area contributed by atoms with Gasteiger partial charge in [0, 0.05) is 87.7 Å². The van der Waals surface area contributed by atoms with Crippen LogP contribution in [0.4, 0.5) is 11.5 Å². The molecule has 2 atom stereocenters. The lowest BCUT2D eigenvalue weighted by molar-refractivity contribution is -0.126. The fourth-order valence-corrected chi connectivity index (χ4v) is 8.62. The maximum Gasteiger partial charge on any atom is 0.292 e. The first-order chi connectivity index (χ1) is 28.3. The van der Waals surface area contributed by atoms with Crippen molar-refractivity contribution in [2.24, 2.45) is 11.7 Å². The predicted molar refractivity (Wildman–Crippen MR) is 233 cm³/mol. The molecule has 2 aromatic heterocycles. The van der Waals surface area contributed by atoms with Gasteiger partial charge in [-0.25, -0.2) is 9.67 Å². The number of pyridine rings is 1. The number of nitrogens with zero attached hydrogens (tertiary/aromatic N) is 6. The van der Waals surface area contributed by atoms with Crippen LogP contribution in [0.5, 0.6) is 5.75 Å². The smallest absolute Gasteiger partial charge is 0.292 e. The number of ether oxygens (including phenoxy) is 4. The summed E-state index contributed by atoms with van der Waals surface area (Å²) in [4.78, 5) is 21.9. The minimum Gasteiger partial charge on any atom is -0.496 e. The number of hydrogen-bond acceptors (Lipinski definition) is 12. The van der Waals surface area contributed by atoms with Crippen molar-refractivity contribution in [3.05, 3.63) is 58.5 Å². The maximum atomic E-state index is 8.95. The molecule has 3 aromatic rings. The lowest BCUT2D eigenvalue weighted by Gasteiger charge is -2.37. The zero-order chi connectivity index (χ0) is 41.1. The number of fused-ring (bicyclic) bond motifs is 1. The van der Waals surface area contributed by atoms with Gasteiger partial charge in [0.25, 0.3) is 6.47 Å². The van der Waals surface area contributed by atoms with Crippen LogP contribution in [0.25, 0.3) is 5.69 Å². The number of carbonyl (C=O) groups excluding carboxylic acids is 1. The lowest BCUT2D eigenvalue weighted by Crippen LogP contribution is -2.46. The quantitative estimate of drug-likeness (QED) is 0.0944. The molecule has 0 radical (unpaired) electrons. The molecule has 2 fully saturated rings. The molecule has 5 heterocycles. The molecule has 2 unspecified atom stereocenters. The molecule has 58 heavy (non-hydrogen) atoms. The van der Waals surface area contributed by atoms with E-state index >= 15 is 0 Å². The van der Waals surface area contributed by atoms with Crippen molar-refractivity contribution in [3.8, 4) is 11.4 Å². The Labute approximate surface area is 347 Å². The van der Waals surface area contributed by atoms with Gasteiger partial charge in [-0.1, -0.05) is 6.92 Å². The average Bonchev–Trinajstić information content (AvgIpc) is 3.86. The van der Waals surface area contributed by atoms with Crippen LogP contribution in [0, 0.1) is 19.8 Å². The summed E-state index contributed by atoms with van der Waals surface area (Å²) in [5, 5.41) is 8.42. The molecule has 3 N–H and O–H groups in total. The molecule has 0 bridgehead atoms. The highest BCUT2D eigenvalue weighted by molar-refractivity contribution is 5.57. The molecule has 3 aliphatic heterocycles. The van der Waals surface area contributed by atoms with Crippen LogP contribution in [0.3, 0.4) is 0 Å². The first-order valence-corrected chi connectivity index (χ1v) is 21.9. The Bertz CT molecular complexity index is 1640. The van der Waals surface area contributed by atoms with Gasteiger partial charge < -0.3 is 39.8 Å². The van der Waals surface area contributed by atoms with E-state index in [9.17, 15) is 0 Å². The van der Waals surface area contributed by atoms with Gasteiger partial charge >= 0.3 is 0 Å². The van der Waals surface area contributed by atoms with Gasteiger partial charge in [-0.3, -0.25) is 9.69 Å². The van der Waals surface area contributed by atoms with E-state index in [1.807, 2.05) is 0 Å². The van der Waals surface area contributed by atoms with Gasteiger partial charge in [-0.15, -0.1) is 0 Å². The molecular formula is C45H72N8O5. The van der Waals surface area contributed by atoms with Crippen LogP contribution in [0.2, 0.25) is 0 Å². The van der Waals surface area contributed by atoms with Gasteiger partial charge in [0.15, 0.2) is 0 Å². The van der Waals surface area contributed by atoms with Crippen molar-refractivity contribution in [1.29, 1.82) is 0 Å². The highest BCUT2D eigenvalue weighted by Gasteiger charge is 2.27. The zero-order valence-electron chi connectivity index (χ0n) is 36.2. The number of piperazine rings is 1. The number of rotatable bonds is 22. The number of hydrogen-bond donors (Lipinski definition) is 2. The molecule has 0 aliphatic carbocycles. The molecule has 0 spiro atoms. The molecule has 6 rings (SSSR count). The Morgan fingerprint density at radius 3 is 2.41 bits per heavy atom. The van der Waals surface area contributed by atoms with E-state index in [4.69, 9.17) is 34.8 Å². The van der Waals surface area contributed by atoms with E-state index < -0.39 is 0 Å². The van der Waals surface area contributed by atoms with Gasteiger partial charge in [-0.05, 0) is 126 Å². The van der Waals surface area contributed by atoms with E-state index in [2.05, 4.69) is 80.5 Å². The maximum absolute atomic E-state index is 8.95. The minimum atomic E-state index is 0.375. The summed E-state index contributed by atoms with van der Waals surface area (Å²) in [6, 6.07) is 11.7. The Morgan fingerprint density at radius 1 is 0.931 bits per heavy atom. The van der Waals surface area contributed by atoms with Gasteiger partial charge in [0.05, 0.1) is 45.4 Å². The molecule has 13 heteroatoms. The SMILES string of the molecule is CCC(CN1CCC(CCc2cc(OC)c3c(n2)NCCC3)C1)c1cc(N2CCN(CCCCCOCCOCCN)CC2)cc(-n2nc(C)cc2C)c1.COC=O. The standard InChI is InChI=1S/C43H68N8O3.C2H4O2/c1-5-36(32-49-17-13-35(31-49)11-12-38-29-42(52-4)41-10-9-15-45-43(41)46-38)37-27-39(30-40(28-37)51-34(3)26-33(2)47-51)50-20-18-48(19-21-50)16-7-6-8-22-53-24-25-54-23-14-44;1-4-2-3/h26-30,35-36H,5-25,31-32,44H2,1-4H3,(H,45,46);2H,1H3. The van der Waals surface area contributed by atoms with Crippen LogP contribution in [-0.4, -0.2) is 137 Å². The molecule has 322 valence electrons. The van der Waals surface area contributed by atoms with Crippen molar-refractivity contribution in [3.63, 3.8) is 0 Å². The first-order valence-electron chi connectivity index (χ1n) is 21.9. The Balaban J connectivity index is 0.00000153. The Morgan fingerprint density at radius 2 is 1.71 bits per heavy atom. The zero-order valence-corrected chi connectivity index (χ0v) is 36.2. The second-order valence-corrected chi connectivity index (χ2v) is 16.1.